The Morgan fingerprint density at radius 2 is 2.30 bits per heavy atom. The summed E-state index contributed by atoms with van der Waals surface area (Å²) in [6.07, 6.45) is 1.25. The maximum atomic E-state index is 11.5. The van der Waals surface area contributed by atoms with Gasteiger partial charge in [-0.05, 0) is 5.92 Å². The summed E-state index contributed by atoms with van der Waals surface area (Å²) in [7, 11) is 0. The van der Waals surface area contributed by atoms with Crippen LogP contribution in [-0.2, 0) is 16.0 Å². The third kappa shape index (κ3) is 6.33. The van der Waals surface area contributed by atoms with E-state index < -0.39 is 6.09 Å². The van der Waals surface area contributed by atoms with Gasteiger partial charge in [-0.3, -0.25) is 10.1 Å². The number of ether oxygens (including phenoxy) is 1. The van der Waals surface area contributed by atoms with Crippen LogP contribution in [0.3, 0.4) is 0 Å². The van der Waals surface area contributed by atoms with Crippen LogP contribution in [-0.4, -0.2) is 30.1 Å². The van der Waals surface area contributed by atoms with Crippen molar-refractivity contribution in [3.05, 3.63) is 23.7 Å². The van der Waals surface area contributed by atoms with Crippen molar-refractivity contribution in [3.63, 3.8) is 0 Å². The van der Waals surface area contributed by atoms with Crippen LogP contribution in [0.25, 0.3) is 0 Å². The van der Waals surface area contributed by atoms with E-state index >= 15 is 0 Å². The summed E-state index contributed by atoms with van der Waals surface area (Å²) in [4.78, 5) is 27.1. The Morgan fingerprint density at radius 3 is 2.95 bits per heavy atom. The molecule has 0 fully saturated rings. The number of anilines is 1. The van der Waals surface area contributed by atoms with Crippen LogP contribution >= 0.6 is 11.3 Å². The van der Waals surface area contributed by atoms with E-state index in [1.165, 1.54) is 11.3 Å². The Balaban J connectivity index is 2.40. The lowest BCUT2D eigenvalue weighted by atomic mass is 10.2. The SMILES string of the molecule is C=CCNC(=O)Cc1csc(NC(=O)OCC(C)C)n1. The molecular weight excluding hydrogens is 278 g/mol. The zero-order valence-electron chi connectivity index (χ0n) is 11.6. The molecule has 110 valence electrons. The van der Waals surface area contributed by atoms with Crippen molar-refractivity contribution >= 4 is 28.5 Å². The van der Waals surface area contributed by atoms with Gasteiger partial charge in [0.1, 0.15) is 0 Å². The standard InChI is InChI=1S/C13H19N3O3S/c1-4-5-14-11(17)6-10-8-20-12(15-10)16-13(18)19-7-9(2)3/h4,8-9H,1,5-7H2,2-3H3,(H,14,17)(H,15,16,18). The van der Waals surface area contributed by atoms with Crippen molar-refractivity contribution in [2.75, 3.05) is 18.5 Å². The highest BCUT2D eigenvalue weighted by atomic mass is 32.1. The minimum Gasteiger partial charge on any atom is -0.449 e. The first-order valence-corrected chi connectivity index (χ1v) is 7.15. The molecule has 0 radical (unpaired) electrons. The summed E-state index contributed by atoms with van der Waals surface area (Å²) in [6.45, 7) is 8.21. The van der Waals surface area contributed by atoms with E-state index in [1.807, 2.05) is 13.8 Å². The Bertz CT molecular complexity index is 471. The summed E-state index contributed by atoms with van der Waals surface area (Å²) < 4.78 is 4.98. The molecule has 1 heterocycles. The van der Waals surface area contributed by atoms with Crippen molar-refractivity contribution < 1.29 is 14.3 Å². The monoisotopic (exact) mass is 297 g/mol. The molecule has 0 aromatic carbocycles. The van der Waals surface area contributed by atoms with Gasteiger partial charge in [0.25, 0.3) is 0 Å². The number of nitrogens with one attached hydrogen (secondary N) is 2. The molecule has 0 atom stereocenters. The second kappa shape index (κ2) is 8.31. The Kier molecular flexibility index (Phi) is 6.72. The molecule has 0 aliphatic rings. The second-order valence-electron chi connectivity index (χ2n) is 4.53. The van der Waals surface area contributed by atoms with Gasteiger partial charge >= 0.3 is 6.09 Å². The fraction of sp³-hybridized carbons (Fsp3) is 0.462. The summed E-state index contributed by atoms with van der Waals surface area (Å²) >= 11 is 1.25. The molecule has 2 N–H and O–H groups in total. The van der Waals surface area contributed by atoms with E-state index in [4.69, 9.17) is 4.74 Å². The predicted molar refractivity (Wildman–Crippen MR) is 78.8 cm³/mol. The lowest BCUT2D eigenvalue weighted by Gasteiger charge is -2.06. The highest BCUT2D eigenvalue weighted by Crippen LogP contribution is 2.16. The molecule has 2 amide bonds. The van der Waals surface area contributed by atoms with Crippen LogP contribution in [0.15, 0.2) is 18.0 Å². The maximum Gasteiger partial charge on any atom is 0.413 e. The van der Waals surface area contributed by atoms with Crippen LogP contribution in [0.5, 0.6) is 0 Å². The Morgan fingerprint density at radius 1 is 1.55 bits per heavy atom. The molecule has 0 saturated heterocycles. The minimum absolute atomic E-state index is 0.135. The molecular formula is C13H19N3O3S. The normalized spacial score (nSPS) is 10.2. The first-order valence-electron chi connectivity index (χ1n) is 6.27. The van der Waals surface area contributed by atoms with Crippen molar-refractivity contribution in [1.29, 1.82) is 0 Å². The zero-order valence-corrected chi connectivity index (χ0v) is 12.5. The van der Waals surface area contributed by atoms with Crippen molar-refractivity contribution in [2.24, 2.45) is 5.92 Å². The molecule has 0 unspecified atom stereocenters. The number of amides is 2. The largest absolute Gasteiger partial charge is 0.449 e. The van der Waals surface area contributed by atoms with Gasteiger partial charge in [0.15, 0.2) is 5.13 Å². The number of hydrogen-bond acceptors (Lipinski definition) is 5. The van der Waals surface area contributed by atoms with Crippen LogP contribution in [0.4, 0.5) is 9.93 Å². The van der Waals surface area contributed by atoms with E-state index in [9.17, 15) is 9.59 Å². The van der Waals surface area contributed by atoms with Gasteiger partial charge in [-0.2, -0.15) is 0 Å². The van der Waals surface area contributed by atoms with E-state index in [1.54, 1.807) is 11.5 Å². The van der Waals surface area contributed by atoms with Crippen molar-refractivity contribution in [3.8, 4) is 0 Å². The first-order chi connectivity index (χ1) is 9.51. The van der Waals surface area contributed by atoms with Gasteiger partial charge in [0.2, 0.25) is 5.91 Å². The number of carbonyl (C=O) groups excluding carboxylic acids is 2. The highest BCUT2D eigenvalue weighted by Gasteiger charge is 2.10. The third-order valence-corrected chi connectivity index (χ3v) is 2.90. The molecule has 0 spiro atoms. The molecule has 1 aromatic rings. The van der Waals surface area contributed by atoms with E-state index in [2.05, 4.69) is 22.2 Å². The molecule has 1 aromatic heterocycles. The average molecular weight is 297 g/mol. The van der Waals surface area contributed by atoms with E-state index in [0.29, 0.717) is 24.0 Å². The fourth-order valence-electron chi connectivity index (χ4n) is 1.22. The van der Waals surface area contributed by atoms with Crippen molar-refractivity contribution in [1.82, 2.24) is 10.3 Å². The van der Waals surface area contributed by atoms with E-state index in [-0.39, 0.29) is 18.2 Å². The molecule has 20 heavy (non-hydrogen) atoms. The lowest BCUT2D eigenvalue weighted by Crippen LogP contribution is -2.25. The number of thiazole rings is 1. The summed E-state index contributed by atoms with van der Waals surface area (Å²) in [5.41, 5.74) is 0.607. The molecule has 6 nitrogen and oxygen atoms in total. The average Bonchev–Trinajstić information content (AvgIpc) is 2.81. The Labute approximate surface area is 122 Å². The molecule has 0 aliphatic carbocycles. The number of hydrogen-bond donors (Lipinski definition) is 2. The predicted octanol–water partition coefficient (Wildman–Crippen LogP) is 2.19. The fourth-order valence-corrected chi connectivity index (χ4v) is 1.92. The van der Waals surface area contributed by atoms with Gasteiger partial charge < -0.3 is 10.1 Å². The second-order valence-corrected chi connectivity index (χ2v) is 5.39. The molecule has 7 heteroatoms. The quantitative estimate of drug-likeness (QED) is 0.756. The summed E-state index contributed by atoms with van der Waals surface area (Å²) in [5, 5.41) is 7.34. The number of rotatable bonds is 7. The number of nitrogens with zero attached hydrogens (tertiary/aromatic N) is 1. The van der Waals surface area contributed by atoms with Crippen LogP contribution in [0.1, 0.15) is 19.5 Å². The summed E-state index contributed by atoms with van der Waals surface area (Å²) in [6, 6.07) is 0. The summed E-state index contributed by atoms with van der Waals surface area (Å²) in [5.74, 6) is 0.144. The molecule has 0 saturated carbocycles. The van der Waals surface area contributed by atoms with Gasteiger partial charge in [0, 0.05) is 11.9 Å². The lowest BCUT2D eigenvalue weighted by molar-refractivity contribution is -0.120. The molecule has 1 rings (SSSR count). The first kappa shape index (κ1) is 16.2. The van der Waals surface area contributed by atoms with Gasteiger partial charge in [-0.25, -0.2) is 9.78 Å². The van der Waals surface area contributed by atoms with Gasteiger partial charge in [0.05, 0.1) is 18.7 Å². The van der Waals surface area contributed by atoms with Gasteiger partial charge in [-0.1, -0.05) is 19.9 Å². The Hall–Kier alpha value is -1.89. The zero-order chi connectivity index (χ0) is 15.0. The van der Waals surface area contributed by atoms with Crippen LogP contribution in [0, 0.1) is 5.92 Å². The maximum absolute atomic E-state index is 11.5. The number of aromatic nitrogens is 1. The highest BCUT2D eigenvalue weighted by molar-refractivity contribution is 7.13. The smallest absolute Gasteiger partial charge is 0.413 e. The minimum atomic E-state index is -0.532. The van der Waals surface area contributed by atoms with E-state index in [0.717, 1.165) is 0 Å². The van der Waals surface area contributed by atoms with Gasteiger partial charge in [-0.15, -0.1) is 17.9 Å². The molecule has 0 bridgehead atoms. The molecule has 0 aliphatic heterocycles. The van der Waals surface area contributed by atoms with Crippen LogP contribution < -0.4 is 10.6 Å². The third-order valence-electron chi connectivity index (χ3n) is 2.09. The van der Waals surface area contributed by atoms with Crippen LogP contribution in [0.2, 0.25) is 0 Å². The topological polar surface area (TPSA) is 80.3 Å². The number of carbonyl (C=O) groups is 2. The van der Waals surface area contributed by atoms with Crippen molar-refractivity contribution in [2.45, 2.75) is 20.3 Å².